The van der Waals surface area contributed by atoms with Gasteiger partial charge in [0.15, 0.2) is 0 Å². The zero-order chi connectivity index (χ0) is 22.2. The maximum absolute atomic E-state index is 13.3. The molecule has 0 aromatic carbocycles. The molecule has 1 heterocycles. The van der Waals surface area contributed by atoms with Crippen molar-refractivity contribution in [2.75, 3.05) is 13.7 Å². The molecule has 176 valence electrons. The van der Waals surface area contributed by atoms with Crippen molar-refractivity contribution in [1.29, 1.82) is 0 Å². The summed E-state index contributed by atoms with van der Waals surface area (Å²) in [6.45, 7) is 4.61. The monoisotopic (exact) mass is 436 g/mol. The highest BCUT2D eigenvalue weighted by molar-refractivity contribution is 5.94. The minimum Gasteiger partial charge on any atom is -0.459 e. The third kappa shape index (κ3) is 6.45. The second kappa shape index (κ2) is 11.9. The van der Waals surface area contributed by atoms with Gasteiger partial charge in [-0.15, -0.1) is 0 Å². The van der Waals surface area contributed by atoms with E-state index < -0.39 is 0 Å². The molecule has 7 nitrogen and oxygen atoms in total. The van der Waals surface area contributed by atoms with Crippen molar-refractivity contribution in [3.8, 4) is 0 Å². The van der Waals surface area contributed by atoms with Crippen molar-refractivity contribution in [1.82, 2.24) is 10.6 Å². The first kappa shape index (κ1) is 24.1. The van der Waals surface area contributed by atoms with E-state index in [2.05, 4.69) is 17.6 Å². The normalized spacial score (nSPS) is 30.7. The molecule has 3 aliphatic rings. The van der Waals surface area contributed by atoms with Gasteiger partial charge in [-0.3, -0.25) is 0 Å². The highest BCUT2D eigenvalue weighted by Crippen LogP contribution is 2.35. The van der Waals surface area contributed by atoms with Crippen molar-refractivity contribution in [3.63, 3.8) is 0 Å². The van der Waals surface area contributed by atoms with E-state index in [1.807, 2.05) is 0 Å². The Kier molecular flexibility index (Phi) is 9.20. The molecule has 0 bridgehead atoms. The van der Waals surface area contributed by atoms with Crippen molar-refractivity contribution in [2.45, 2.75) is 109 Å². The van der Waals surface area contributed by atoms with Crippen LogP contribution in [-0.4, -0.2) is 50.1 Å². The van der Waals surface area contributed by atoms with Gasteiger partial charge < -0.3 is 24.8 Å². The first-order chi connectivity index (χ1) is 15.0. The SMILES string of the molecule is CCCOC1CCC(C2NC(=O)NC(C)=C2C(=O)OC2CCCCCCC2)CC1OC. The highest BCUT2D eigenvalue weighted by atomic mass is 16.5. The Balaban J connectivity index is 1.71. The number of hydrogen-bond acceptors (Lipinski definition) is 5. The molecular weight excluding hydrogens is 396 g/mol. The predicted octanol–water partition coefficient (Wildman–Crippen LogP) is 4.21. The molecule has 2 N–H and O–H groups in total. The summed E-state index contributed by atoms with van der Waals surface area (Å²) in [5.74, 6) is -0.189. The summed E-state index contributed by atoms with van der Waals surface area (Å²) in [7, 11) is 1.71. The smallest absolute Gasteiger partial charge is 0.338 e. The Morgan fingerprint density at radius 3 is 2.42 bits per heavy atom. The van der Waals surface area contributed by atoms with Crippen LogP contribution in [0.2, 0.25) is 0 Å². The second-order valence-electron chi connectivity index (χ2n) is 9.24. The molecule has 31 heavy (non-hydrogen) atoms. The van der Waals surface area contributed by atoms with E-state index in [9.17, 15) is 9.59 Å². The van der Waals surface area contributed by atoms with Crippen LogP contribution >= 0.6 is 0 Å². The molecule has 2 amide bonds. The zero-order valence-corrected chi connectivity index (χ0v) is 19.4. The van der Waals surface area contributed by atoms with Gasteiger partial charge in [-0.25, -0.2) is 9.59 Å². The average Bonchev–Trinajstić information content (AvgIpc) is 2.73. The number of ether oxygens (including phenoxy) is 3. The fraction of sp³-hybridized carbons (Fsp3) is 0.833. The van der Waals surface area contributed by atoms with Crippen LogP contribution in [0.5, 0.6) is 0 Å². The van der Waals surface area contributed by atoms with Crippen molar-refractivity contribution in [2.24, 2.45) is 5.92 Å². The van der Waals surface area contributed by atoms with E-state index in [0.29, 0.717) is 11.3 Å². The lowest BCUT2D eigenvalue weighted by atomic mass is 9.77. The molecule has 0 aromatic heterocycles. The maximum atomic E-state index is 13.3. The molecule has 3 rings (SSSR count). The third-order valence-electron chi connectivity index (χ3n) is 6.93. The molecule has 4 unspecified atom stereocenters. The van der Waals surface area contributed by atoms with E-state index in [0.717, 1.165) is 58.0 Å². The topological polar surface area (TPSA) is 85.9 Å². The van der Waals surface area contributed by atoms with Crippen LogP contribution in [0.4, 0.5) is 4.79 Å². The number of carbonyl (C=O) groups excluding carboxylic acids is 2. The quantitative estimate of drug-likeness (QED) is 0.584. The van der Waals surface area contributed by atoms with Crippen molar-refractivity contribution >= 4 is 12.0 Å². The molecule has 1 aliphatic heterocycles. The number of rotatable bonds is 7. The van der Waals surface area contributed by atoms with Crippen LogP contribution in [0.3, 0.4) is 0 Å². The summed E-state index contributed by atoms with van der Waals surface area (Å²) in [6.07, 6.45) is 11.2. The minimum atomic E-state index is -0.361. The standard InChI is InChI=1S/C24H40N2O5/c1-4-14-30-19-13-12-17(15-20(19)29-3)22-21(16(2)25-24(28)26-22)23(27)31-18-10-8-6-5-7-9-11-18/h17-20,22H,4-15H2,1-3H3,(H2,25,26,28). The first-order valence-electron chi connectivity index (χ1n) is 12.2. The minimum absolute atomic E-state index is 0.0312. The molecule has 2 fully saturated rings. The van der Waals surface area contributed by atoms with E-state index in [1.54, 1.807) is 14.0 Å². The van der Waals surface area contributed by atoms with Crippen LogP contribution in [0, 0.1) is 5.92 Å². The number of hydrogen-bond donors (Lipinski definition) is 2. The summed E-state index contributed by atoms with van der Waals surface area (Å²) in [4.78, 5) is 25.5. The van der Waals surface area contributed by atoms with Gasteiger partial charge in [0.2, 0.25) is 0 Å². The molecule has 2 aliphatic carbocycles. The molecule has 0 saturated heterocycles. The average molecular weight is 437 g/mol. The number of methoxy groups -OCH3 is 1. The first-order valence-corrected chi connectivity index (χ1v) is 12.2. The number of urea groups is 1. The van der Waals surface area contributed by atoms with Crippen LogP contribution in [-0.2, 0) is 19.0 Å². The van der Waals surface area contributed by atoms with Crippen LogP contribution in [0.1, 0.15) is 84.5 Å². The summed E-state index contributed by atoms with van der Waals surface area (Å²) in [5.41, 5.74) is 1.16. The predicted molar refractivity (Wildman–Crippen MR) is 119 cm³/mol. The molecule has 7 heteroatoms. The van der Waals surface area contributed by atoms with Gasteiger partial charge in [0.25, 0.3) is 0 Å². The lowest BCUT2D eigenvalue weighted by Gasteiger charge is -2.40. The van der Waals surface area contributed by atoms with Crippen LogP contribution in [0.25, 0.3) is 0 Å². The van der Waals surface area contributed by atoms with E-state index in [4.69, 9.17) is 14.2 Å². The number of nitrogens with one attached hydrogen (secondary N) is 2. The molecule has 2 saturated carbocycles. The van der Waals surface area contributed by atoms with Gasteiger partial charge >= 0.3 is 12.0 Å². The largest absolute Gasteiger partial charge is 0.459 e. The summed E-state index contributed by atoms with van der Waals surface area (Å²) in [5, 5.41) is 5.78. The zero-order valence-electron chi connectivity index (χ0n) is 19.4. The Hall–Kier alpha value is -1.60. The summed E-state index contributed by atoms with van der Waals surface area (Å²) < 4.78 is 17.7. The Labute approximate surface area is 186 Å². The third-order valence-corrected chi connectivity index (χ3v) is 6.93. The molecule has 0 spiro atoms. The van der Waals surface area contributed by atoms with E-state index in [-0.39, 0.29) is 42.3 Å². The van der Waals surface area contributed by atoms with Gasteiger partial charge in [0, 0.05) is 19.4 Å². The van der Waals surface area contributed by atoms with E-state index >= 15 is 0 Å². The van der Waals surface area contributed by atoms with Crippen molar-refractivity contribution < 1.29 is 23.8 Å². The maximum Gasteiger partial charge on any atom is 0.338 e. The molecule has 0 aromatic rings. The second-order valence-corrected chi connectivity index (χ2v) is 9.24. The van der Waals surface area contributed by atoms with Gasteiger partial charge in [-0.1, -0.05) is 26.2 Å². The summed E-state index contributed by atoms with van der Waals surface area (Å²) in [6, 6.07) is -0.622. The van der Waals surface area contributed by atoms with Gasteiger partial charge in [-0.2, -0.15) is 0 Å². The van der Waals surface area contributed by atoms with Gasteiger partial charge in [0.05, 0.1) is 23.8 Å². The number of carbonyl (C=O) groups is 2. The molecule has 0 radical (unpaired) electrons. The number of amides is 2. The number of allylic oxidation sites excluding steroid dienone is 1. The Morgan fingerprint density at radius 1 is 1.03 bits per heavy atom. The highest BCUT2D eigenvalue weighted by Gasteiger charge is 2.41. The Morgan fingerprint density at radius 2 is 1.74 bits per heavy atom. The van der Waals surface area contributed by atoms with Gasteiger partial charge in [0.1, 0.15) is 6.10 Å². The van der Waals surface area contributed by atoms with Crippen LogP contribution < -0.4 is 10.6 Å². The fourth-order valence-electron chi connectivity index (χ4n) is 5.25. The number of esters is 1. The van der Waals surface area contributed by atoms with Gasteiger partial charge in [-0.05, 0) is 64.2 Å². The lowest BCUT2D eigenvalue weighted by molar-refractivity contribution is -0.146. The lowest BCUT2D eigenvalue weighted by Crippen LogP contribution is -2.55. The fourth-order valence-corrected chi connectivity index (χ4v) is 5.25. The molecular formula is C24H40N2O5. The summed E-state index contributed by atoms with van der Waals surface area (Å²) >= 11 is 0. The Bertz CT molecular complexity index is 642. The van der Waals surface area contributed by atoms with Crippen LogP contribution in [0.15, 0.2) is 11.3 Å². The molecule has 4 atom stereocenters. The van der Waals surface area contributed by atoms with Crippen molar-refractivity contribution in [3.05, 3.63) is 11.3 Å². The van der Waals surface area contributed by atoms with E-state index in [1.165, 1.54) is 19.3 Å².